The van der Waals surface area contributed by atoms with E-state index in [0.29, 0.717) is 11.3 Å². The molecule has 1 rings (SSSR count). The summed E-state index contributed by atoms with van der Waals surface area (Å²) in [4.78, 5) is 22.2. The van der Waals surface area contributed by atoms with Gasteiger partial charge in [0.25, 0.3) is 0 Å². The van der Waals surface area contributed by atoms with E-state index in [9.17, 15) is 26.4 Å². The summed E-state index contributed by atoms with van der Waals surface area (Å²) in [6, 6.07) is 0. The molecule has 142 valence electrons. The Morgan fingerprint density at radius 1 is 0.800 bits per heavy atom. The molecule has 0 amide bonds. The number of hydrogen-bond donors (Lipinski definition) is 0. The summed E-state index contributed by atoms with van der Waals surface area (Å²) in [6.45, 7) is 4.30. The van der Waals surface area contributed by atoms with Gasteiger partial charge in [0.2, 0.25) is 0 Å². The Bertz CT molecular complexity index is 792. The van der Waals surface area contributed by atoms with E-state index >= 15 is 0 Å². The third-order valence-corrected chi connectivity index (χ3v) is 9.24. The van der Waals surface area contributed by atoms with Crippen LogP contribution < -0.4 is 0 Å². The molecule has 0 aromatic carbocycles. The summed E-state index contributed by atoms with van der Waals surface area (Å²) in [6.07, 6.45) is 0. The first-order valence-electron chi connectivity index (χ1n) is 7.33. The maximum absolute atomic E-state index is 12.4. The van der Waals surface area contributed by atoms with E-state index in [2.05, 4.69) is 0 Å². The van der Waals surface area contributed by atoms with Gasteiger partial charge >= 0.3 is 11.9 Å². The first kappa shape index (κ1) is 21.6. The van der Waals surface area contributed by atoms with Gasteiger partial charge in [-0.15, -0.1) is 11.3 Å². The lowest BCUT2D eigenvalue weighted by Crippen LogP contribution is -2.11. The van der Waals surface area contributed by atoms with Crippen LogP contribution in [-0.2, 0) is 52.0 Å². The van der Waals surface area contributed by atoms with E-state index in [4.69, 9.17) is 9.47 Å². The minimum atomic E-state index is -3.76. The van der Waals surface area contributed by atoms with E-state index in [-0.39, 0.29) is 31.1 Å². The molecule has 11 heteroatoms. The molecule has 8 nitrogen and oxygen atoms in total. The lowest BCUT2D eigenvalue weighted by molar-refractivity contribution is -0.144. The van der Waals surface area contributed by atoms with Crippen molar-refractivity contribution in [1.29, 1.82) is 0 Å². The second kappa shape index (κ2) is 8.28. The summed E-state index contributed by atoms with van der Waals surface area (Å²) < 4.78 is 58.8. The largest absolute Gasteiger partial charge is 0.461 e. The first-order valence-corrected chi connectivity index (χ1v) is 11.4. The molecule has 1 heterocycles. The fourth-order valence-electron chi connectivity index (χ4n) is 1.86. The van der Waals surface area contributed by atoms with Gasteiger partial charge in [-0.2, -0.15) is 0 Å². The average Bonchev–Trinajstić information content (AvgIpc) is 2.90. The van der Waals surface area contributed by atoms with Crippen LogP contribution in [0.2, 0.25) is 0 Å². The Hall–Kier alpha value is -1.46. The molecule has 0 N–H and O–H groups in total. The average molecular weight is 413 g/mol. The van der Waals surface area contributed by atoms with Crippen LogP contribution in [-0.4, -0.2) is 40.3 Å². The van der Waals surface area contributed by atoms with E-state index in [0.717, 1.165) is 13.8 Å². The van der Waals surface area contributed by atoms with Crippen LogP contribution in [0.3, 0.4) is 0 Å². The van der Waals surface area contributed by atoms with Crippen molar-refractivity contribution in [3.63, 3.8) is 0 Å². The van der Waals surface area contributed by atoms with Crippen LogP contribution in [0, 0.1) is 0 Å². The molecule has 0 aliphatic rings. The summed E-state index contributed by atoms with van der Waals surface area (Å²) in [7, 11) is -7.53. The lowest BCUT2D eigenvalue weighted by atomic mass is 10.2. The predicted octanol–water partition coefficient (Wildman–Crippen LogP) is 1.46. The van der Waals surface area contributed by atoms with E-state index < -0.39 is 44.8 Å². The zero-order valence-corrected chi connectivity index (χ0v) is 16.8. The number of ether oxygens (including phenoxy) is 2. The van der Waals surface area contributed by atoms with Crippen molar-refractivity contribution in [1.82, 2.24) is 0 Å². The van der Waals surface area contributed by atoms with Crippen molar-refractivity contribution in [2.45, 2.75) is 49.3 Å². The van der Waals surface area contributed by atoms with Gasteiger partial charge in [0.15, 0.2) is 19.7 Å². The number of carbonyl (C=O) groups excluding carboxylic acids is 2. The maximum Gasteiger partial charge on any atom is 0.302 e. The number of thiophene rings is 1. The van der Waals surface area contributed by atoms with Gasteiger partial charge in [-0.3, -0.25) is 9.59 Å². The molecule has 0 saturated heterocycles. The van der Waals surface area contributed by atoms with Gasteiger partial charge in [0.1, 0.15) is 21.6 Å². The van der Waals surface area contributed by atoms with Crippen LogP contribution in [0.1, 0.15) is 38.8 Å². The van der Waals surface area contributed by atoms with Gasteiger partial charge in [0, 0.05) is 25.0 Å². The molecular weight excluding hydrogens is 392 g/mol. The minimum Gasteiger partial charge on any atom is -0.461 e. The molecule has 1 aromatic heterocycles. The molecule has 0 bridgehead atoms. The molecule has 0 atom stereocenters. The quantitative estimate of drug-likeness (QED) is 0.588. The molecule has 0 spiro atoms. The Morgan fingerprint density at radius 2 is 1.12 bits per heavy atom. The van der Waals surface area contributed by atoms with Gasteiger partial charge in [0.05, 0.1) is 11.5 Å². The molecular formula is C14H20O8S3. The second-order valence-electron chi connectivity index (χ2n) is 5.00. The van der Waals surface area contributed by atoms with Gasteiger partial charge < -0.3 is 9.47 Å². The number of rotatable bonds is 8. The molecule has 0 aliphatic carbocycles. The smallest absolute Gasteiger partial charge is 0.302 e. The van der Waals surface area contributed by atoms with Crippen LogP contribution in [0.4, 0.5) is 0 Å². The molecule has 0 fully saturated rings. The maximum atomic E-state index is 12.4. The molecule has 0 unspecified atom stereocenters. The molecule has 0 aliphatic heterocycles. The Labute approximate surface area is 151 Å². The summed E-state index contributed by atoms with van der Waals surface area (Å²) in [5.74, 6) is -1.80. The van der Waals surface area contributed by atoms with Crippen LogP contribution in [0.15, 0.2) is 8.42 Å². The number of sulfone groups is 2. The van der Waals surface area contributed by atoms with Crippen molar-refractivity contribution in [2.24, 2.45) is 0 Å². The zero-order valence-electron chi connectivity index (χ0n) is 14.3. The Morgan fingerprint density at radius 3 is 1.36 bits per heavy atom. The van der Waals surface area contributed by atoms with Crippen molar-refractivity contribution in [3.05, 3.63) is 11.1 Å². The minimum absolute atomic E-state index is 0.0373. The van der Waals surface area contributed by atoms with E-state index in [1.54, 1.807) is 0 Å². The number of hydrogen-bond acceptors (Lipinski definition) is 9. The highest BCUT2D eigenvalue weighted by Gasteiger charge is 2.32. The van der Waals surface area contributed by atoms with Crippen LogP contribution in [0.25, 0.3) is 0 Å². The van der Waals surface area contributed by atoms with E-state index in [1.807, 2.05) is 0 Å². The second-order valence-corrected chi connectivity index (χ2v) is 11.0. The SMILES string of the molecule is CCS(=O)(=O)c1sc(S(=O)(=O)CC)c(COC(C)=O)c1COC(C)=O. The highest BCUT2D eigenvalue weighted by Crippen LogP contribution is 2.38. The Balaban J connectivity index is 3.69. The monoisotopic (exact) mass is 412 g/mol. The summed E-state index contributed by atoms with van der Waals surface area (Å²) in [5.41, 5.74) is 0.0747. The highest BCUT2D eigenvalue weighted by atomic mass is 32.3. The van der Waals surface area contributed by atoms with Gasteiger partial charge in [-0.1, -0.05) is 13.8 Å². The fourth-order valence-corrected chi connectivity index (χ4v) is 6.66. The van der Waals surface area contributed by atoms with Crippen molar-refractivity contribution in [2.75, 3.05) is 11.5 Å². The zero-order chi connectivity index (χ0) is 19.4. The highest BCUT2D eigenvalue weighted by molar-refractivity contribution is 7.96. The fraction of sp³-hybridized carbons (Fsp3) is 0.571. The molecule has 0 radical (unpaired) electrons. The Kier molecular flexibility index (Phi) is 7.15. The standard InChI is InChI=1S/C14H20O8S3/c1-5-24(17,18)13-11(7-21-9(3)15)12(8-22-10(4)16)14(23-13)25(19,20)6-2/h5-8H2,1-4H3. The topological polar surface area (TPSA) is 121 Å². The van der Waals surface area contributed by atoms with Crippen molar-refractivity contribution >= 4 is 42.9 Å². The van der Waals surface area contributed by atoms with Gasteiger partial charge in [-0.05, 0) is 0 Å². The van der Waals surface area contributed by atoms with Crippen LogP contribution in [0.5, 0.6) is 0 Å². The summed E-state index contributed by atoms with van der Waals surface area (Å²) >= 11 is 0.594. The third-order valence-electron chi connectivity index (χ3n) is 3.21. The number of esters is 2. The first-order chi connectivity index (χ1) is 11.5. The van der Waals surface area contributed by atoms with Crippen molar-refractivity contribution < 1.29 is 35.9 Å². The van der Waals surface area contributed by atoms with E-state index in [1.165, 1.54) is 13.8 Å². The predicted molar refractivity (Wildman–Crippen MR) is 90.7 cm³/mol. The van der Waals surface area contributed by atoms with Gasteiger partial charge in [-0.25, -0.2) is 16.8 Å². The lowest BCUT2D eigenvalue weighted by Gasteiger charge is -2.09. The summed E-state index contributed by atoms with van der Waals surface area (Å²) in [5, 5.41) is 0. The molecule has 0 saturated carbocycles. The normalized spacial score (nSPS) is 12.0. The van der Waals surface area contributed by atoms with Crippen LogP contribution >= 0.6 is 11.3 Å². The third kappa shape index (κ3) is 5.25. The molecule has 1 aromatic rings. The molecule has 25 heavy (non-hydrogen) atoms. The van der Waals surface area contributed by atoms with Crippen molar-refractivity contribution in [3.8, 4) is 0 Å². The number of carbonyl (C=O) groups is 2.